The molecule has 8 rings (SSSR count). The average molecular weight is 728 g/mol. The molecule has 0 unspecified atom stereocenters. The van der Waals surface area contributed by atoms with Gasteiger partial charge in [-0.05, 0) is 57.4 Å². The van der Waals surface area contributed by atoms with E-state index in [1.54, 1.807) is 12.5 Å². The van der Waals surface area contributed by atoms with Crippen molar-refractivity contribution in [1.82, 2.24) is 44.7 Å². The van der Waals surface area contributed by atoms with Crippen LogP contribution in [0.25, 0.3) is 0 Å². The Morgan fingerprint density at radius 2 is 1.39 bits per heavy atom. The van der Waals surface area contributed by atoms with E-state index >= 15 is 0 Å². The van der Waals surface area contributed by atoms with Gasteiger partial charge in [0.2, 0.25) is 11.8 Å². The van der Waals surface area contributed by atoms with Gasteiger partial charge in [0.25, 0.3) is 0 Å². The number of pyridine rings is 1. The quantitative estimate of drug-likeness (QED) is 0.166. The van der Waals surface area contributed by atoms with Crippen LogP contribution < -0.4 is 19.3 Å². The van der Waals surface area contributed by atoms with Crippen LogP contribution in [-0.4, -0.2) is 56.4 Å². The van der Waals surface area contributed by atoms with E-state index in [9.17, 15) is 5.11 Å². The number of fused-ring (bicyclic) bond motifs is 2. The average Bonchev–Trinajstić information content (AvgIpc) is 3.87. The Morgan fingerprint density at radius 1 is 0.722 bits per heavy atom. The Morgan fingerprint density at radius 3 is 2.07 bits per heavy atom. The molecular formula is C40H45N11O3. The maximum absolute atomic E-state index is 9.18. The highest BCUT2D eigenvalue weighted by atomic mass is 16.5. The first-order chi connectivity index (χ1) is 26.2. The van der Waals surface area contributed by atoms with Crippen molar-refractivity contribution in [3.05, 3.63) is 118 Å². The predicted molar refractivity (Wildman–Crippen MR) is 203 cm³/mol. The van der Waals surface area contributed by atoms with Crippen LogP contribution in [0.4, 0.5) is 11.6 Å². The van der Waals surface area contributed by atoms with Crippen LogP contribution in [0, 0.1) is 33.6 Å². The van der Waals surface area contributed by atoms with Crippen LogP contribution in [-0.2, 0) is 39.1 Å². The van der Waals surface area contributed by atoms with E-state index in [1.807, 2.05) is 81.2 Å². The van der Waals surface area contributed by atoms with Crippen LogP contribution >= 0.6 is 0 Å². The first kappa shape index (κ1) is 36.3. The van der Waals surface area contributed by atoms with Gasteiger partial charge < -0.3 is 24.4 Å². The summed E-state index contributed by atoms with van der Waals surface area (Å²) in [6.07, 6.45) is 9.53. The minimum atomic E-state index is 0.0725. The van der Waals surface area contributed by atoms with Crippen LogP contribution in [0.2, 0.25) is 0 Å². The highest BCUT2D eigenvalue weighted by Gasteiger charge is 2.28. The Balaban J connectivity index is 0.000000167. The lowest BCUT2D eigenvalue weighted by Crippen LogP contribution is -2.20. The first-order valence-electron chi connectivity index (χ1n) is 18.1. The molecule has 0 bridgehead atoms. The van der Waals surface area contributed by atoms with Crippen molar-refractivity contribution in [2.45, 2.75) is 80.7 Å². The van der Waals surface area contributed by atoms with Crippen molar-refractivity contribution < 1.29 is 14.6 Å². The van der Waals surface area contributed by atoms with E-state index in [-0.39, 0.29) is 6.61 Å². The Hall–Kier alpha value is -6.02. The van der Waals surface area contributed by atoms with E-state index in [2.05, 4.69) is 58.6 Å². The number of benzene rings is 1. The third kappa shape index (κ3) is 7.83. The second kappa shape index (κ2) is 15.9. The van der Waals surface area contributed by atoms with Crippen molar-refractivity contribution in [2.24, 2.45) is 5.92 Å². The Labute approximate surface area is 315 Å². The number of anilines is 2. The summed E-state index contributed by atoms with van der Waals surface area (Å²) in [5.74, 6) is 5.78. The largest absolute Gasteiger partial charge is 0.438 e. The van der Waals surface area contributed by atoms with Gasteiger partial charge in [-0.3, -0.25) is 9.67 Å². The van der Waals surface area contributed by atoms with Crippen molar-refractivity contribution >= 4 is 11.6 Å². The highest BCUT2D eigenvalue weighted by molar-refractivity contribution is 5.55. The molecule has 0 saturated heterocycles. The molecule has 1 N–H and O–H groups in total. The number of nitrogens with zero attached hydrogens (tertiary/aromatic N) is 11. The van der Waals surface area contributed by atoms with E-state index in [4.69, 9.17) is 14.5 Å². The number of rotatable bonds is 10. The zero-order valence-electron chi connectivity index (χ0n) is 31.6. The molecular weight excluding hydrogens is 683 g/mol. The first-order valence-corrected chi connectivity index (χ1v) is 18.1. The van der Waals surface area contributed by atoms with Gasteiger partial charge in [-0.15, -0.1) is 0 Å². The van der Waals surface area contributed by atoms with Gasteiger partial charge in [0.15, 0.2) is 5.75 Å². The summed E-state index contributed by atoms with van der Waals surface area (Å²) in [4.78, 5) is 35.6. The normalized spacial score (nSPS) is 13.1. The number of para-hydroxylation sites is 1. The number of hydrogen-bond donors (Lipinski definition) is 1. The molecule has 5 aromatic heterocycles. The van der Waals surface area contributed by atoms with Gasteiger partial charge in [0, 0.05) is 43.0 Å². The molecule has 0 amide bonds. The molecule has 7 heterocycles. The van der Waals surface area contributed by atoms with E-state index < -0.39 is 0 Å². The fraction of sp³-hybridized carbons (Fsp3) is 0.350. The van der Waals surface area contributed by atoms with E-state index in [1.165, 1.54) is 6.33 Å². The van der Waals surface area contributed by atoms with Crippen molar-refractivity contribution in [2.75, 3.05) is 16.4 Å². The fourth-order valence-corrected chi connectivity index (χ4v) is 6.60. The molecule has 2 aliphatic heterocycles. The molecule has 0 aliphatic carbocycles. The van der Waals surface area contributed by atoms with Gasteiger partial charge in [-0.1, -0.05) is 32.0 Å². The van der Waals surface area contributed by atoms with Gasteiger partial charge in [-0.25, -0.2) is 29.9 Å². The monoisotopic (exact) mass is 727 g/mol. The van der Waals surface area contributed by atoms with Gasteiger partial charge >= 0.3 is 0 Å². The highest BCUT2D eigenvalue weighted by Crippen LogP contribution is 2.35. The molecule has 14 heteroatoms. The second-order valence-electron chi connectivity index (χ2n) is 13.9. The topological polar surface area (TPSA) is 153 Å². The predicted octanol–water partition coefficient (Wildman–Crippen LogP) is 6.38. The lowest BCUT2D eigenvalue weighted by Gasteiger charge is -2.20. The second-order valence-corrected chi connectivity index (χ2v) is 13.9. The molecule has 0 spiro atoms. The molecule has 0 saturated carbocycles. The maximum atomic E-state index is 9.18. The Bertz CT molecular complexity index is 2260. The molecule has 0 atom stereocenters. The number of aryl methyl sites for hydroxylation is 2. The van der Waals surface area contributed by atoms with Crippen molar-refractivity contribution in [3.8, 4) is 23.3 Å². The zero-order chi connectivity index (χ0) is 37.8. The molecule has 6 aromatic rings. The summed E-state index contributed by atoms with van der Waals surface area (Å²) in [6.45, 7) is 15.7. The van der Waals surface area contributed by atoms with Crippen molar-refractivity contribution in [1.29, 1.82) is 0 Å². The minimum absolute atomic E-state index is 0.0725. The maximum Gasteiger partial charge on any atom is 0.227 e. The van der Waals surface area contributed by atoms with Crippen LogP contribution in [0.1, 0.15) is 64.6 Å². The fourth-order valence-electron chi connectivity index (χ4n) is 6.60. The smallest absolute Gasteiger partial charge is 0.227 e. The summed E-state index contributed by atoms with van der Waals surface area (Å²) in [5, 5.41) is 13.5. The summed E-state index contributed by atoms with van der Waals surface area (Å²) in [7, 11) is 0. The third-order valence-corrected chi connectivity index (χ3v) is 9.43. The lowest BCUT2D eigenvalue weighted by atomic mass is 10.1. The molecule has 2 aliphatic rings. The number of aromatic nitrogens is 9. The molecule has 1 aromatic carbocycles. The van der Waals surface area contributed by atoms with Gasteiger partial charge in [0.1, 0.15) is 35.9 Å². The Kier molecular flexibility index (Phi) is 10.7. The molecule has 54 heavy (non-hydrogen) atoms. The minimum Gasteiger partial charge on any atom is -0.438 e. The summed E-state index contributed by atoms with van der Waals surface area (Å²) in [6, 6.07) is 11.6. The summed E-state index contributed by atoms with van der Waals surface area (Å²) < 4.78 is 13.9. The molecule has 14 nitrogen and oxygen atoms in total. The molecule has 278 valence electrons. The molecule has 0 fully saturated rings. The number of aliphatic hydroxyl groups is 1. The SMILES string of the molecule is Cc1ccccc1Oc1ncnc(N2Cc3cnc(CC(C)C)nc3C2)c1C.Cc1ncccc1Oc1ncnc(N2Cc3cnn(CCO)c3C2)c1C. The number of aliphatic hydroxyl groups excluding tert-OH is 1. The zero-order valence-corrected chi connectivity index (χ0v) is 31.6. The van der Waals surface area contributed by atoms with E-state index in [0.717, 1.165) is 94.2 Å². The van der Waals surface area contributed by atoms with Crippen LogP contribution in [0.5, 0.6) is 23.3 Å². The summed E-state index contributed by atoms with van der Waals surface area (Å²) in [5.41, 5.74) is 8.20. The standard InChI is InChI=1S/C22H25N5O.C18H20N6O2/c1-14(2)9-20-23-10-17-11-27(12-18(17)26-20)21-16(4)22(25-13-24-21)28-19-8-6-5-7-15(19)3;1-12-17(23-9-14-8-22-24(6-7-25)15(14)10-23)20-11-21-18(12)26-16-4-3-5-19-13(16)2/h5-8,10,13-14H,9,11-12H2,1-4H3;3-5,8,11,25H,6-7,9-10H2,1-2H3. The van der Waals surface area contributed by atoms with Crippen LogP contribution in [0.3, 0.4) is 0 Å². The lowest BCUT2D eigenvalue weighted by molar-refractivity contribution is 0.267. The number of hydrogen-bond acceptors (Lipinski definition) is 13. The van der Waals surface area contributed by atoms with Crippen molar-refractivity contribution in [3.63, 3.8) is 0 Å². The van der Waals surface area contributed by atoms with E-state index in [0.29, 0.717) is 36.5 Å². The summed E-state index contributed by atoms with van der Waals surface area (Å²) >= 11 is 0. The van der Waals surface area contributed by atoms with Gasteiger partial charge in [0.05, 0.1) is 60.6 Å². The number of ether oxygens (including phenoxy) is 2. The van der Waals surface area contributed by atoms with Gasteiger partial charge in [-0.2, -0.15) is 5.10 Å². The molecule has 0 radical (unpaired) electrons. The third-order valence-electron chi connectivity index (χ3n) is 9.43. The van der Waals surface area contributed by atoms with Crippen LogP contribution in [0.15, 0.2) is 67.6 Å².